The van der Waals surface area contributed by atoms with Gasteiger partial charge in [0.15, 0.2) is 0 Å². The molecular formula is C12H14Cl2O4S. The summed E-state index contributed by atoms with van der Waals surface area (Å²) in [4.78, 5) is 11.7. The first-order chi connectivity index (χ1) is 8.75. The highest BCUT2D eigenvalue weighted by molar-refractivity contribution is 8.13. The van der Waals surface area contributed by atoms with Crippen LogP contribution in [0.3, 0.4) is 0 Å². The molecule has 0 aliphatic carbocycles. The molecule has 106 valence electrons. The lowest BCUT2D eigenvalue weighted by Gasteiger charge is -2.13. The van der Waals surface area contributed by atoms with Gasteiger partial charge in [-0.1, -0.05) is 24.9 Å². The van der Waals surface area contributed by atoms with Crippen molar-refractivity contribution in [2.75, 3.05) is 0 Å². The predicted molar refractivity (Wildman–Crippen MR) is 74.3 cm³/mol. The molecule has 1 aromatic rings. The van der Waals surface area contributed by atoms with E-state index in [1.165, 1.54) is 12.1 Å². The zero-order valence-corrected chi connectivity index (χ0v) is 12.8. The number of rotatable bonds is 5. The van der Waals surface area contributed by atoms with E-state index in [-0.39, 0.29) is 21.6 Å². The van der Waals surface area contributed by atoms with Gasteiger partial charge < -0.3 is 4.74 Å². The van der Waals surface area contributed by atoms with Crippen molar-refractivity contribution >= 4 is 37.3 Å². The topological polar surface area (TPSA) is 60.4 Å². The third-order valence-corrected chi connectivity index (χ3v) is 4.12. The lowest BCUT2D eigenvalue weighted by molar-refractivity contribution is 0.0323. The standard InChI is InChI=1S/C12H14Cl2O4S/c1-3-4-8(2)18-12(15)10-7-9(19(14,16)17)5-6-11(10)13/h5-8H,3-4H2,1-2H3. The second-order valence-electron chi connectivity index (χ2n) is 4.08. The summed E-state index contributed by atoms with van der Waals surface area (Å²) in [6, 6.07) is 3.65. The molecule has 0 bridgehead atoms. The van der Waals surface area contributed by atoms with Crippen LogP contribution in [-0.4, -0.2) is 20.5 Å². The van der Waals surface area contributed by atoms with Gasteiger partial charge in [0.05, 0.1) is 21.6 Å². The lowest BCUT2D eigenvalue weighted by atomic mass is 10.2. The Labute approximate surface area is 122 Å². The minimum absolute atomic E-state index is 0.00801. The second kappa shape index (κ2) is 6.59. The molecule has 0 N–H and O–H groups in total. The number of halogens is 2. The van der Waals surface area contributed by atoms with Gasteiger partial charge in [-0.2, -0.15) is 0 Å². The number of carbonyl (C=O) groups excluding carboxylic acids is 1. The highest BCUT2D eigenvalue weighted by Gasteiger charge is 2.19. The molecule has 0 aromatic heterocycles. The third-order valence-electron chi connectivity index (χ3n) is 2.44. The van der Waals surface area contributed by atoms with Gasteiger partial charge >= 0.3 is 5.97 Å². The Morgan fingerprint density at radius 1 is 1.42 bits per heavy atom. The summed E-state index contributed by atoms with van der Waals surface area (Å²) < 4.78 is 27.6. The summed E-state index contributed by atoms with van der Waals surface area (Å²) in [6.07, 6.45) is 1.33. The number of ether oxygens (including phenoxy) is 1. The molecule has 0 spiro atoms. The molecule has 0 amide bonds. The molecular weight excluding hydrogens is 311 g/mol. The monoisotopic (exact) mass is 324 g/mol. The van der Waals surface area contributed by atoms with Crippen molar-refractivity contribution < 1.29 is 17.9 Å². The maximum absolute atomic E-state index is 11.9. The summed E-state index contributed by atoms with van der Waals surface area (Å²) in [7, 11) is 1.31. The van der Waals surface area contributed by atoms with Crippen LogP contribution in [0.1, 0.15) is 37.0 Å². The molecule has 1 rings (SSSR count). The number of benzene rings is 1. The number of hydrogen-bond donors (Lipinski definition) is 0. The Kier molecular flexibility index (Phi) is 5.64. The fourth-order valence-corrected chi connectivity index (χ4v) is 2.50. The minimum Gasteiger partial charge on any atom is -0.459 e. The molecule has 0 fully saturated rings. The molecule has 4 nitrogen and oxygen atoms in total. The van der Waals surface area contributed by atoms with Gasteiger partial charge in [-0.3, -0.25) is 0 Å². The van der Waals surface area contributed by atoms with Gasteiger partial charge in [0.1, 0.15) is 0 Å². The lowest BCUT2D eigenvalue weighted by Crippen LogP contribution is -2.15. The van der Waals surface area contributed by atoms with Gasteiger partial charge in [0, 0.05) is 10.7 Å². The van der Waals surface area contributed by atoms with Crippen molar-refractivity contribution in [2.45, 2.75) is 37.7 Å². The van der Waals surface area contributed by atoms with E-state index in [4.69, 9.17) is 27.0 Å². The molecule has 1 unspecified atom stereocenters. The van der Waals surface area contributed by atoms with Crippen molar-refractivity contribution in [1.29, 1.82) is 0 Å². The van der Waals surface area contributed by atoms with Crippen molar-refractivity contribution in [1.82, 2.24) is 0 Å². The zero-order valence-electron chi connectivity index (χ0n) is 10.5. The first kappa shape index (κ1) is 16.3. The number of esters is 1. The minimum atomic E-state index is -3.91. The highest BCUT2D eigenvalue weighted by atomic mass is 35.7. The first-order valence-corrected chi connectivity index (χ1v) is 8.39. The quantitative estimate of drug-likeness (QED) is 0.613. The Hall–Kier alpha value is -0.780. The largest absolute Gasteiger partial charge is 0.459 e. The van der Waals surface area contributed by atoms with Crippen molar-refractivity contribution in [3.8, 4) is 0 Å². The van der Waals surface area contributed by atoms with Gasteiger partial charge in [0.25, 0.3) is 9.05 Å². The summed E-state index contributed by atoms with van der Waals surface area (Å²) in [5, 5.41) is 0.123. The fraction of sp³-hybridized carbons (Fsp3) is 0.417. The Bertz CT molecular complexity index is 569. The molecule has 1 atom stereocenters. The second-order valence-corrected chi connectivity index (χ2v) is 7.06. The van der Waals surface area contributed by atoms with Crippen LogP contribution in [-0.2, 0) is 13.8 Å². The average molecular weight is 325 g/mol. The molecule has 7 heteroatoms. The summed E-state index contributed by atoms with van der Waals surface area (Å²) >= 11 is 5.86. The molecule has 0 heterocycles. The van der Waals surface area contributed by atoms with E-state index in [2.05, 4.69) is 0 Å². The number of hydrogen-bond acceptors (Lipinski definition) is 4. The predicted octanol–water partition coefficient (Wildman–Crippen LogP) is 3.61. The molecule has 0 aliphatic rings. The molecule has 0 radical (unpaired) electrons. The highest BCUT2D eigenvalue weighted by Crippen LogP contribution is 2.24. The normalized spacial score (nSPS) is 13.1. The van der Waals surface area contributed by atoms with Crippen molar-refractivity contribution in [3.63, 3.8) is 0 Å². The SMILES string of the molecule is CCCC(C)OC(=O)c1cc(S(=O)(=O)Cl)ccc1Cl. The van der Waals surface area contributed by atoms with E-state index in [0.717, 1.165) is 18.9 Å². The summed E-state index contributed by atoms with van der Waals surface area (Å²) in [5.74, 6) is -0.659. The summed E-state index contributed by atoms with van der Waals surface area (Å²) in [6.45, 7) is 3.73. The molecule has 19 heavy (non-hydrogen) atoms. The van der Waals surface area contributed by atoms with Crippen LogP contribution < -0.4 is 0 Å². The maximum Gasteiger partial charge on any atom is 0.339 e. The van der Waals surface area contributed by atoms with E-state index in [1.54, 1.807) is 6.92 Å². The molecule has 1 aromatic carbocycles. The fourth-order valence-electron chi connectivity index (χ4n) is 1.52. The molecule has 0 saturated carbocycles. The first-order valence-electron chi connectivity index (χ1n) is 5.71. The summed E-state index contributed by atoms with van der Waals surface area (Å²) in [5.41, 5.74) is -0.00801. The van der Waals surface area contributed by atoms with E-state index in [9.17, 15) is 13.2 Å². The van der Waals surface area contributed by atoms with E-state index >= 15 is 0 Å². The van der Waals surface area contributed by atoms with Gasteiger partial charge in [-0.15, -0.1) is 0 Å². The van der Waals surface area contributed by atoms with E-state index < -0.39 is 15.0 Å². The Morgan fingerprint density at radius 3 is 2.58 bits per heavy atom. The van der Waals surface area contributed by atoms with Crippen LogP contribution >= 0.6 is 22.3 Å². The van der Waals surface area contributed by atoms with Crippen LogP contribution in [0.2, 0.25) is 5.02 Å². The van der Waals surface area contributed by atoms with E-state index in [1.807, 2.05) is 6.92 Å². The Morgan fingerprint density at radius 2 is 2.05 bits per heavy atom. The Balaban J connectivity index is 3.03. The molecule has 0 saturated heterocycles. The number of carbonyl (C=O) groups is 1. The van der Waals surface area contributed by atoms with Crippen LogP contribution in [0.5, 0.6) is 0 Å². The molecule has 0 aliphatic heterocycles. The van der Waals surface area contributed by atoms with Gasteiger partial charge in [-0.05, 0) is 31.5 Å². The van der Waals surface area contributed by atoms with E-state index in [0.29, 0.717) is 0 Å². The average Bonchev–Trinajstić information content (AvgIpc) is 2.27. The van der Waals surface area contributed by atoms with Crippen LogP contribution in [0.15, 0.2) is 23.1 Å². The zero-order chi connectivity index (χ0) is 14.6. The van der Waals surface area contributed by atoms with Crippen LogP contribution in [0.25, 0.3) is 0 Å². The van der Waals surface area contributed by atoms with Crippen molar-refractivity contribution in [2.24, 2.45) is 0 Å². The third kappa shape index (κ3) is 4.67. The van der Waals surface area contributed by atoms with Crippen LogP contribution in [0.4, 0.5) is 0 Å². The smallest absolute Gasteiger partial charge is 0.339 e. The maximum atomic E-state index is 11.9. The van der Waals surface area contributed by atoms with Gasteiger partial charge in [-0.25, -0.2) is 13.2 Å². The van der Waals surface area contributed by atoms with Crippen LogP contribution in [0, 0.1) is 0 Å². The van der Waals surface area contributed by atoms with Gasteiger partial charge in [0.2, 0.25) is 0 Å². The van der Waals surface area contributed by atoms with Crippen molar-refractivity contribution in [3.05, 3.63) is 28.8 Å².